The van der Waals surface area contributed by atoms with Crippen LogP contribution in [0.25, 0.3) is 0 Å². The molecule has 2 amide bonds. The molecule has 0 radical (unpaired) electrons. The van der Waals surface area contributed by atoms with Crippen molar-refractivity contribution >= 4 is 70.1 Å². The average molecular weight is 347 g/mol. The Labute approximate surface area is 128 Å². The van der Waals surface area contributed by atoms with Crippen molar-refractivity contribution < 1.29 is 4.79 Å². The van der Waals surface area contributed by atoms with Crippen molar-refractivity contribution in [2.45, 2.75) is 3.12 Å². The maximum absolute atomic E-state index is 12.0. The van der Waals surface area contributed by atoms with Crippen LogP contribution in [0.15, 0.2) is 24.3 Å². The lowest BCUT2D eigenvalue weighted by atomic mass is 10.3. The van der Waals surface area contributed by atoms with Crippen LogP contribution in [0.3, 0.4) is 0 Å². The first-order valence-electron chi connectivity index (χ1n) is 4.73. The molecule has 0 unspecified atom stereocenters. The van der Waals surface area contributed by atoms with Crippen LogP contribution in [-0.4, -0.2) is 20.2 Å². The molecular weight excluding hydrogens is 340 g/mol. The molecule has 9 heteroatoms. The maximum Gasteiger partial charge on any atom is 0.350 e. The van der Waals surface area contributed by atoms with Gasteiger partial charge < -0.3 is 0 Å². The van der Waals surface area contributed by atoms with Gasteiger partial charge in [0.2, 0.25) is 0 Å². The van der Waals surface area contributed by atoms with Gasteiger partial charge in [-0.05, 0) is 24.3 Å². The van der Waals surface area contributed by atoms with Gasteiger partial charge in [0.15, 0.2) is 0 Å². The number of amides is 2. The van der Waals surface area contributed by atoms with Crippen molar-refractivity contribution in [2.24, 2.45) is 0 Å². The summed E-state index contributed by atoms with van der Waals surface area (Å²) in [6, 6.07) is 6.58. The Morgan fingerprint density at radius 2 is 1.83 bits per heavy atom. The standard InChI is InChI=1S/C9H7Cl4N3OS/c10-6-1-3-7(4-2-6)15-5-14-16(8(15)17)18-9(11,12)13/h1-4,14H,5H2. The van der Waals surface area contributed by atoms with Crippen LogP contribution in [0.5, 0.6) is 0 Å². The third kappa shape index (κ3) is 3.50. The number of urea groups is 1. The van der Waals surface area contributed by atoms with Crippen molar-refractivity contribution in [3.05, 3.63) is 29.3 Å². The Bertz CT molecular complexity index is 450. The number of carbonyl (C=O) groups is 1. The van der Waals surface area contributed by atoms with Crippen LogP contribution in [0.2, 0.25) is 5.02 Å². The SMILES string of the molecule is O=C1N(SC(Cl)(Cl)Cl)NCN1c1ccc(Cl)cc1. The minimum Gasteiger partial charge on any atom is -0.278 e. The summed E-state index contributed by atoms with van der Waals surface area (Å²) in [7, 11) is 0. The van der Waals surface area contributed by atoms with Gasteiger partial charge in [-0.15, -0.1) is 0 Å². The number of hydrogen-bond acceptors (Lipinski definition) is 3. The van der Waals surface area contributed by atoms with Crippen molar-refractivity contribution in [3.63, 3.8) is 0 Å². The number of hydrazine groups is 1. The molecule has 18 heavy (non-hydrogen) atoms. The summed E-state index contributed by atoms with van der Waals surface area (Å²) >= 11 is 23.4. The molecule has 4 nitrogen and oxygen atoms in total. The normalized spacial score (nSPS) is 16.6. The van der Waals surface area contributed by atoms with E-state index < -0.39 is 3.12 Å². The molecule has 0 atom stereocenters. The van der Waals surface area contributed by atoms with E-state index in [1.165, 1.54) is 9.31 Å². The first kappa shape index (κ1) is 14.4. The van der Waals surface area contributed by atoms with E-state index in [-0.39, 0.29) is 6.03 Å². The van der Waals surface area contributed by atoms with E-state index in [1.807, 2.05) is 0 Å². The van der Waals surface area contributed by atoms with Crippen molar-refractivity contribution in [3.8, 4) is 0 Å². The molecule has 0 spiro atoms. The molecule has 1 aliphatic rings. The molecule has 0 bridgehead atoms. The Morgan fingerprint density at radius 1 is 1.22 bits per heavy atom. The smallest absolute Gasteiger partial charge is 0.278 e. The number of rotatable bonds is 2. The molecule has 2 rings (SSSR count). The summed E-state index contributed by atoms with van der Waals surface area (Å²) in [4.78, 5) is 13.5. The van der Waals surface area contributed by atoms with E-state index in [4.69, 9.17) is 46.4 Å². The predicted molar refractivity (Wildman–Crippen MR) is 77.0 cm³/mol. The Hall–Kier alpha value is -0.0400. The quantitative estimate of drug-likeness (QED) is 0.648. The van der Waals surface area contributed by atoms with Gasteiger partial charge in [-0.2, -0.15) is 9.84 Å². The lowest BCUT2D eigenvalue weighted by molar-refractivity contribution is 0.236. The van der Waals surface area contributed by atoms with Gasteiger partial charge in [0.05, 0.1) is 6.67 Å². The zero-order valence-corrected chi connectivity index (χ0v) is 12.6. The molecule has 1 aliphatic heterocycles. The summed E-state index contributed by atoms with van der Waals surface area (Å²) < 4.78 is -0.416. The zero-order chi connectivity index (χ0) is 13.3. The minimum absolute atomic E-state index is 0.300. The van der Waals surface area contributed by atoms with Crippen LogP contribution >= 0.6 is 58.4 Å². The van der Waals surface area contributed by atoms with E-state index in [1.54, 1.807) is 24.3 Å². The fourth-order valence-corrected chi connectivity index (χ4v) is 2.63. The first-order valence-corrected chi connectivity index (χ1v) is 7.02. The summed E-state index contributed by atoms with van der Waals surface area (Å²) in [5.41, 5.74) is 3.52. The van der Waals surface area contributed by atoms with Crippen molar-refractivity contribution in [2.75, 3.05) is 11.6 Å². The molecular formula is C9H7Cl4N3OS. The molecule has 1 fully saturated rings. The Morgan fingerprint density at radius 3 is 2.39 bits per heavy atom. The fraction of sp³-hybridized carbons (Fsp3) is 0.222. The highest BCUT2D eigenvalue weighted by molar-refractivity contribution is 8.03. The lowest BCUT2D eigenvalue weighted by Crippen LogP contribution is -2.31. The maximum atomic E-state index is 12.0. The van der Waals surface area contributed by atoms with E-state index in [9.17, 15) is 4.79 Å². The lowest BCUT2D eigenvalue weighted by Gasteiger charge is -2.19. The Kier molecular flexibility index (Phi) is 4.41. The summed E-state index contributed by atoms with van der Waals surface area (Å²) in [6.45, 7) is 0.300. The second kappa shape index (κ2) is 5.53. The first-order chi connectivity index (χ1) is 8.37. The number of benzene rings is 1. The van der Waals surface area contributed by atoms with Gasteiger partial charge in [-0.3, -0.25) is 4.90 Å². The summed E-state index contributed by atoms with van der Waals surface area (Å²) in [5.74, 6) is 0. The molecule has 98 valence electrons. The topological polar surface area (TPSA) is 35.6 Å². The van der Waals surface area contributed by atoms with E-state index in [2.05, 4.69) is 5.43 Å². The molecule has 1 saturated heterocycles. The van der Waals surface area contributed by atoms with Crippen molar-refractivity contribution in [1.82, 2.24) is 9.84 Å². The van der Waals surface area contributed by atoms with Crippen LogP contribution in [0, 0.1) is 0 Å². The fourth-order valence-electron chi connectivity index (χ4n) is 1.38. The number of hydrogen-bond donors (Lipinski definition) is 1. The molecule has 1 heterocycles. The van der Waals surface area contributed by atoms with Gasteiger partial charge in [-0.1, -0.05) is 46.4 Å². The zero-order valence-electron chi connectivity index (χ0n) is 8.74. The van der Waals surface area contributed by atoms with Gasteiger partial charge >= 0.3 is 6.03 Å². The monoisotopic (exact) mass is 345 g/mol. The predicted octanol–water partition coefficient (Wildman–Crippen LogP) is 4.02. The molecule has 0 saturated carbocycles. The van der Waals surface area contributed by atoms with Crippen LogP contribution in [0.1, 0.15) is 0 Å². The summed E-state index contributed by atoms with van der Waals surface area (Å²) in [5, 5.41) is 0.603. The van der Waals surface area contributed by atoms with Gasteiger partial charge in [0, 0.05) is 22.7 Å². The van der Waals surface area contributed by atoms with Crippen molar-refractivity contribution in [1.29, 1.82) is 0 Å². The highest BCUT2D eigenvalue weighted by atomic mass is 35.6. The number of carbonyl (C=O) groups excluding carboxylic acids is 1. The second-order valence-electron chi connectivity index (χ2n) is 3.33. The van der Waals surface area contributed by atoms with E-state index in [0.29, 0.717) is 17.4 Å². The Balaban J connectivity index is 2.10. The number of alkyl halides is 3. The molecule has 1 aromatic rings. The highest BCUT2D eigenvalue weighted by Crippen LogP contribution is 2.41. The summed E-state index contributed by atoms with van der Waals surface area (Å²) in [6.07, 6.45) is 0. The molecule has 0 aliphatic carbocycles. The van der Waals surface area contributed by atoms with Crippen LogP contribution in [-0.2, 0) is 0 Å². The molecule has 1 aromatic carbocycles. The second-order valence-corrected chi connectivity index (χ2v) is 7.88. The third-order valence-corrected chi connectivity index (χ3v) is 3.66. The van der Waals surface area contributed by atoms with E-state index >= 15 is 0 Å². The van der Waals surface area contributed by atoms with Crippen LogP contribution < -0.4 is 10.3 Å². The third-order valence-electron chi connectivity index (χ3n) is 2.11. The number of anilines is 1. The largest absolute Gasteiger partial charge is 0.350 e. The van der Waals surface area contributed by atoms with Gasteiger partial charge in [0.1, 0.15) is 0 Å². The van der Waals surface area contributed by atoms with E-state index in [0.717, 1.165) is 11.9 Å². The number of nitrogens with zero attached hydrogens (tertiary/aromatic N) is 2. The molecule has 1 N–H and O–H groups in total. The molecule has 0 aromatic heterocycles. The van der Waals surface area contributed by atoms with Gasteiger partial charge in [0.25, 0.3) is 3.12 Å². The minimum atomic E-state index is -1.60. The van der Waals surface area contributed by atoms with Crippen LogP contribution in [0.4, 0.5) is 10.5 Å². The highest BCUT2D eigenvalue weighted by Gasteiger charge is 2.36. The number of nitrogens with one attached hydrogen (secondary N) is 1. The van der Waals surface area contributed by atoms with Gasteiger partial charge in [-0.25, -0.2) is 4.79 Å². The average Bonchev–Trinajstić information content (AvgIpc) is 2.60. The number of halogens is 4.